The molecule has 158 valence electrons. The maximum Gasteiger partial charge on any atom is 0.408 e. The van der Waals surface area contributed by atoms with Crippen LogP contribution in [0.3, 0.4) is 0 Å². The number of benzene rings is 1. The van der Waals surface area contributed by atoms with Crippen molar-refractivity contribution in [3.8, 4) is 17.1 Å². The van der Waals surface area contributed by atoms with Gasteiger partial charge in [-0.05, 0) is 46.2 Å². The van der Waals surface area contributed by atoms with Gasteiger partial charge in [-0.15, -0.1) is 6.58 Å². The minimum atomic E-state index is -0.595. The van der Waals surface area contributed by atoms with Crippen molar-refractivity contribution < 1.29 is 18.8 Å². The Bertz CT molecular complexity index is 1070. The summed E-state index contributed by atoms with van der Waals surface area (Å²) >= 11 is 0. The van der Waals surface area contributed by atoms with Gasteiger partial charge < -0.3 is 19.3 Å². The van der Waals surface area contributed by atoms with E-state index in [1.165, 1.54) is 0 Å². The molecule has 0 aliphatic heterocycles. The largest absolute Gasteiger partial charge is 0.496 e. The first-order valence-electron chi connectivity index (χ1n) is 9.73. The van der Waals surface area contributed by atoms with E-state index in [0.29, 0.717) is 23.6 Å². The van der Waals surface area contributed by atoms with Crippen molar-refractivity contribution in [2.75, 3.05) is 7.11 Å². The highest BCUT2D eigenvalue weighted by Crippen LogP contribution is 2.35. The second-order valence-corrected chi connectivity index (χ2v) is 8.04. The molecule has 0 radical (unpaired) electrons. The highest BCUT2D eigenvalue weighted by molar-refractivity contribution is 5.87. The molecule has 1 N–H and O–H groups in total. The molecule has 0 bridgehead atoms. The Balaban J connectivity index is 1.92. The predicted octanol–water partition coefficient (Wildman–Crippen LogP) is 5.35. The number of methoxy groups -OCH3 is 1. The number of carbonyl (C=O) groups excluding carboxylic acids is 1. The van der Waals surface area contributed by atoms with Crippen molar-refractivity contribution in [1.82, 2.24) is 15.5 Å². The van der Waals surface area contributed by atoms with E-state index < -0.39 is 17.7 Å². The van der Waals surface area contributed by atoms with E-state index in [9.17, 15) is 4.79 Å². The van der Waals surface area contributed by atoms with Crippen LogP contribution in [0.1, 0.15) is 44.6 Å². The van der Waals surface area contributed by atoms with Crippen molar-refractivity contribution >= 4 is 17.0 Å². The van der Waals surface area contributed by atoms with Gasteiger partial charge in [-0.3, -0.25) is 4.98 Å². The van der Waals surface area contributed by atoms with Crippen LogP contribution in [-0.4, -0.2) is 28.9 Å². The molecule has 7 heteroatoms. The first-order chi connectivity index (χ1) is 14.2. The third kappa shape index (κ3) is 4.97. The molecule has 1 amide bonds. The minimum absolute atomic E-state index is 0.425. The third-order valence-corrected chi connectivity index (χ3v) is 4.39. The molecule has 0 unspecified atom stereocenters. The number of nitrogens with zero attached hydrogens (tertiary/aromatic N) is 2. The Morgan fingerprint density at radius 3 is 2.73 bits per heavy atom. The van der Waals surface area contributed by atoms with Gasteiger partial charge in [-0.25, -0.2) is 4.79 Å². The van der Waals surface area contributed by atoms with E-state index in [0.717, 1.165) is 22.2 Å². The van der Waals surface area contributed by atoms with Crippen LogP contribution >= 0.6 is 0 Å². The van der Waals surface area contributed by atoms with Crippen LogP contribution in [0.4, 0.5) is 4.79 Å². The number of ether oxygens (including phenoxy) is 2. The molecule has 0 saturated heterocycles. The monoisotopic (exact) mass is 409 g/mol. The smallest absolute Gasteiger partial charge is 0.408 e. The number of aryl methyl sites for hydroxylation is 1. The Kier molecular flexibility index (Phi) is 6.10. The number of aromatic nitrogens is 2. The molecule has 1 aromatic carbocycles. The Morgan fingerprint density at radius 1 is 1.30 bits per heavy atom. The topological polar surface area (TPSA) is 86.5 Å². The maximum absolute atomic E-state index is 12.2. The lowest BCUT2D eigenvalue weighted by Gasteiger charge is -2.22. The summed E-state index contributed by atoms with van der Waals surface area (Å²) < 4.78 is 16.5. The van der Waals surface area contributed by atoms with Crippen LogP contribution in [0.15, 0.2) is 47.5 Å². The molecule has 0 saturated carbocycles. The SMILES string of the molecule is C=CC[C@H](NC(=O)OC(C)(C)C)c1cc(-c2cc3ccc(C)nc3cc2OC)on1. The number of hydrogen-bond donors (Lipinski definition) is 1. The lowest BCUT2D eigenvalue weighted by atomic mass is 10.0. The third-order valence-electron chi connectivity index (χ3n) is 4.39. The van der Waals surface area contributed by atoms with E-state index in [4.69, 9.17) is 14.0 Å². The van der Waals surface area contributed by atoms with Crippen LogP contribution in [0.25, 0.3) is 22.2 Å². The highest BCUT2D eigenvalue weighted by Gasteiger charge is 2.23. The van der Waals surface area contributed by atoms with Crippen LogP contribution in [0.2, 0.25) is 0 Å². The number of pyridine rings is 1. The summed E-state index contributed by atoms with van der Waals surface area (Å²) in [6.45, 7) is 11.1. The molecule has 0 aliphatic rings. The highest BCUT2D eigenvalue weighted by atomic mass is 16.6. The summed E-state index contributed by atoms with van der Waals surface area (Å²) in [6.07, 6.45) is 1.66. The normalized spacial score (nSPS) is 12.4. The number of nitrogens with one attached hydrogen (secondary N) is 1. The molecule has 30 heavy (non-hydrogen) atoms. The van der Waals surface area contributed by atoms with Gasteiger partial charge in [0.1, 0.15) is 17.0 Å². The number of hydrogen-bond acceptors (Lipinski definition) is 6. The summed E-state index contributed by atoms with van der Waals surface area (Å²) in [6, 6.07) is 9.15. The lowest BCUT2D eigenvalue weighted by Crippen LogP contribution is -2.35. The van der Waals surface area contributed by atoms with Gasteiger partial charge in [0.15, 0.2) is 5.76 Å². The van der Waals surface area contributed by atoms with Gasteiger partial charge in [0.2, 0.25) is 0 Å². The van der Waals surface area contributed by atoms with Crippen molar-refractivity contribution in [2.24, 2.45) is 0 Å². The zero-order chi connectivity index (χ0) is 21.9. The fraction of sp³-hybridized carbons (Fsp3) is 0.348. The summed E-state index contributed by atoms with van der Waals surface area (Å²) in [7, 11) is 1.60. The number of alkyl carbamates (subject to hydrolysis) is 1. The maximum atomic E-state index is 12.2. The van der Waals surface area contributed by atoms with E-state index in [1.807, 2.05) is 52.0 Å². The molecule has 0 fully saturated rings. The molecule has 1 atom stereocenters. The number of carbonyl (C=O) groups is 1. The van der Waals surface area contributed by atoms with E-state index in [-0.39, 0.29) is 0 Å². The molecule has 7 nitrogen and oxygen atoms in total. The number of rotatable bonds is 6. The summed E-state index contributed by atoms with van der Waals surface area (Å²) in [5, 5.41) is 7.95. The predicted molar refractivity (Wildman–Crippen MR) is 115 cm³/mol. The molecule has 0 spiro atoms. The molecular weight excluding hydrogens is 382 g/mol. The van der Waals surface area contributed by atoms with Gasteiger partial charge in [-0.1, -0.05) is 17.3 Å². The first-order valence-corrected chi connectivity index (χ1v) is 9.73. The minimum Gasteiger partial charge on any atom is -0.496 e. The summed E-state index contributed by atoms with van der Waals surface area (Å²) in [4.78, 5) is 16.8. The molecule has 3 rings (SSSR count). The van der Waals surface area contributed by atoms with Crippen molar-refractivity contribution in [3.63, 3.8) is 0 Å². The second kappa shape index (κ2) is 8.57. The second-order valence-electron chi connectivity index (χ2n) is 8.04. The lowest BCUT2D eigenvalue weighted by molar-refractivity contribution is 0.0502. The van der Waals surface area contributed by atoms with Crippen LogP contribution in [-0.2, 0) is 4.74 Å². The van der Waals surface area contributed by atoms with E-state index in [1.54, 1.807) is 19.3 Å². The Hall–Kier alpha value is -3.35. The van der Waals surface area contributed by atoms with Crippen molar-refractivity contribution in [2.45, 2.75) is 45.8 Å². The quantitative estimate of drug-likeness (QED) is 0.552. The molecule has 3 aromatic rings. The first kappa shape index (κ1) is 21.4. The molecular formula is C23H27N3O4. The Morgan fingerprint density at radius 2 is 2.07 bits per heavy atom. The van der Waals surface area contributed by atoms with Crippen LogP contribution in [0.5, 0.6) is 5.75 Å². The summed E-state index contributed by atoms with van der Waals surface area (Å²) in [5.74, 6) is 1.16. The molecule has 2 heterocycles. The molecule has 0 aliphatic carbocycles. The van der Waals surface area contributed by atoms with Gasteiger partial charge in [-0.2, -0.15) is 0 Å². The van der Waals surface area contributed by atoms with E-state index >= 15 is 0 Å². The zero-order valence-corrected chi connectivity index (χ0v) is 18.0. The number of amides is 1. The van der Waals surface area contributed by atoms with Gasteiger partial charge in [0.05, 0.1) is 24.2 Å². The van der Waals surface area contributed by atoms with Crippen LogP contribution in [0, 0.1) is 6.92 Å². The fourth-order valence-electron chi connectivity index (χ4n) is 3.07. The van der Waals surface area contributed by atoms with Crippen LogP contribution < -0.4 is 10.1 Å². The summed E-state index contributed by atoms with van der Waals surface area (Å²) in [5.41, 5.74) is 2.50. The average Bonchev–Trinajstić information content (AvgIpc) is 3.15. The van der Waals surface area contributed by atoms with Gasteiger partial charge >= 0.3 is 6.09 Å². The fourth-order valence-corrected chi connectivity index (χ4v) is 3.07. The average molecular weight is 409 g/mol. The van der Waals surface area contributed by atoms with Gasteiger partial charge in [0, 0.05) is 23.2 Å². The van der Waals surface area contributed by atoms with E-state index in [2.05, 4.69) is 22.0 Å². The van der Waals surface area contributed by atoms with Crippen molar-refractivity contribution in [3.05, 3.63) is 54.4 Å². The molecule has 2 aromatic heterocycles. The zero-order valence-electron chi connectivity index (χ0n) is 18.0. The Labute approximate surface area is 176 Å². The van der Waals surface area contributed by atoms with Crippen molar-refractivity contribution in [1.29, 1.82) is 0 Å². The number of fused-ring (bicyclic) bond motifs is 1. The van der Waals surface area contributed by atoms with Gasteiger partial charge in [0.25, 0.3) is 0 Å². The standard InChI is InChI=1S/C23H27N3O4/c1-7-8-17(25-22(27)29-23(3,4)5)19-13-21(30-26-19)16-11-15-10-9-14(2)24-18(15)12-20(16)28-6/h7,9-13,17H,1,8H2,2-6H3,(H,25,27)/t17-/m0/s1.